The Bertz CT molecular complexity index is 198. The predicted octanol–water partition coefficient (Wildman–Crippen LogP) is 3.26. The summed E-state index contributed by atoms with van der Waals surface area (Å²) in [4.78, 5) is 1.55. The summed E-state index contributed by atoms with van der Waals surface area (Å²) in [7, 11) is 0. The molecular weight excluding hydrogens is 140 g/mol. The van der Waals surface area contributed by atoms with Gasteiger partial charge < -0.3 is 0 Å². The maximum atomic E-state index is 2.26. The van der Waals surface area contributed by atoms with Gasteiger partial charge in [-0.25, -0.2) is 0 Å². The third-order valence-corrected chi connectivity index (χ3v) is 2.61. The fourth-order valence-corrected chi connectivity index (χ4v) is 2.10. The maximum absolute atomic E-state index is 2.26. The summed E-state index contributed by atoms with van der Waals surface area (Å²) in [6.07, 6.45) is 1.24. The fraction of sp³-hybridized carbons (Fsp3) is 0.556. The van der Waals surface area contributed by atoms with Crippen molar-refractivity contribution < 1.29 is 0 Å². The molecule has 0 aliphatic rings. The quantitative estimate of drug-likeness (QED) is 0.613. The first-order chi connectivity index (χ1) is 4.70. The van der Waals surface area contributed by atoms with Gasteiger partial charge in [-0.2, -0.15) is 0 Å². The van der Waals surface area contributed by atoms with Gasteiger partial charge in [0.25, 0.3) is 0 Å². The first-order valence-corrected chi connectivity index (χ1v) is 4.61. The number of hydrogen-bond acceptors (Lipinski definition) is 1. The zero-order valence-electron chi connectivity index (χ0n) is 6.85. The Labute approximate surface area is 66.9 Å². The van der Waals surface area contributed by atoms with Crippen LogP contribution in [-0.4, -0.2) is 0 Å². The standard InChI is InChI=1S/C9H14S/c1-7(2)6-9-8(3)4-5-10-9/h4-5,7H,6H2,1-3H3. The summed E-state index contributed by atoms with van der Waals surface area (Å²) in [5, 5.41) is 2.17. The molecule has 0 N–H and O–H groups in total. The zero-order valence-corrected chi connectivity index (χ0v) is 7.66. The number of thiophene rings is 1. The van der Waals surface area contributed by atoms with Crippen molar-refractivity contribution in [3.63, 3.8) is 0 Å². The smallest absolute Gasteiger partial charge is 0.00769 e. The van der Waals surface area contributed by atoms with E-state index in [9.17, 15) is 0 Å². The van der Waals surface area contributed by atoms with Crippen LogP contribution in [0.1, 0.15) is 24.3 Å². The molecule has 0 saturated heterocycles. The Morgan fingerprint density at radius 2 is 2.20 bits per heavy atom. The minimum absolute atomic E-state index is 0.789. The minimum Gasteiger partial charge on any atom is -0.149 e. The third kappa shape index (κ3) is 1.84. The lowest BCUT2D eigenvalue weighted by molar-refractivity contribution is 0.652. The van der Waals surface area contributed by atoms with E-state index in [1.54, 1.807) is 4.88 Å². The van der Waals surface area contributed by atoms with Gasteiger partial charge in [-0.1, -0.05) is 13.8 Å². The normalized spacial score (nSPS) is 10.8. The SMILES string of the molecule is Cc1ccsc1CC(C)C. The van der Waals surface area contributed by atoms with Gasteiger partial charge in [0.2, 0.25) is 0 Å². The Hall–Kier alpha value is -0.300. The van der Waals surface area contributed by atoms with Crippen molar-refractivity contribution in [3.05, 3.63) is 21.9 Å². The van der Waals surface area contributed by atoms with Crippen LogP contribution in [0.4, 0.5) is 0 Å². The lowest BCUT2D eigenvalue weighted by Gasteiger charge is -2.01. The number of rotatable bonds is 2. The zero-order chi connectivity index (χ0) is 7.56. The Morgan fingerprint density at radius 3 is 2.60 bits per heavy atom. The molecule has 0 radical (unpaired) electrons. The van der Waals surface area contributed by atoms with Crippen LogP contribution < -0.4 is 0 Å². The van der Waals surface area contributed by atoms with Gasteiger partial charge >= 0.3 is 0 Å². The van der Waals surface area contributed by atoms with Crippen LogP contribution >= 0.6 is 11.3 Å². The van der Waals surface area contributed by atoms with E-state index in [-0.39, 0.29) is 0 Å². The van der Waals surface area contributed by atoms with E-state index >= 15 is 0 Å². The highest BCUT2D eigenvalue weighted by Crippen LogP contribution is 2.18. The fourth-order valence-electron chi connectivity index (χ4n) is 0.984. The van der Waals surface area contributed by atoms with Crippen molar-refractivity contribution in [3.8, 4) is 0 Å². The second kappa shape index (κ2) is 3.20. The predicted molar refractivity (Wildman–Crippen MR) is 47.6 cm³/mol. The largest absolute Gasteiger partial charge is 0.149 e. The molecule has 0 spiro atoms. The Morgan fingerprint density at radius 1 is 1.50 bits per heavy atom. The Balaban J connectivity index is 2.65. The Kier molecular flexibility index (Phi) is 2.50. The van der Waals surface area contributed by atoms with Crippen LogP contribution in [0.3, 0.4) is 0 Å². The lowest BCUT2D eigenvalue weighted by Crippen LogP contribution is -1.91. The monoisotopic (exact) mass is 154 g/mol. The molecule has 0 aromatic carbocycles. The topological polar surface area (TPSA) is 0 Å². The molecule has 1 rings (SSSR count). The van der Waals surface area contributed by atoms with E-state index in [4.69, 9.17) is 0 Å². The highest BCUT2D eigenvalue weighted by Gasteiger charge is 2.01. The molecule has 1 aromatic rings. The summed E-state index contributed by atoms with van der Waals surface area (Å²) in [6, 6.07) is 2.20. The van der Waals surface area contributed by atoms with Crippen LogP contribution in [0, 0.1) is 12.8 Å². The van der Waals surface area contributed by atoms with Gasteiger partial charge in [-0.15, -0.1) is 11.3 Å². The highest BCUT2D eigenvalue weighted by molar-refractivity contribution is 7.10. The van der Waals surface area contributed by atoms with Crippen LogP contribution in [0.25, 0.3) is 0 Å². The summed E-state index contributed by atoms with van der Waals surface area (Å²) in [5.74, 6) is 0.789. The number of hydrogen-bond donors (Lipinski definition) is 0. The van der Waals surface area contributed by atoms with Crippen molar-refractivity contribution in [2.24, 2.45) is 5.92 Å². The molecule has 0 aliphatic heterocycles. The van der Waals surface area contributed by atoms with Crippen LogP contribution in [0.5, 0.6) is 0 Å². The minimum atomic E-state index is 0.789. The molecule has 0 bridgehead atoms. The van der Waals surface area contributed by atoms with E-state index in [1.165, 1.54) is 12.0 Å². The van der Waals surface area contributed by atoms with Gasteiger partial charge in [0.1, 0.15) is 0 Å². The molecule has 0 unspecified atom stereocenters. The van der Waals surface area contributed by atoms with Crippen molar-refractivity contribution in [1.82, 2.24) is 0 Å². The van der Waals surface area contributed by atoms with Gasteiger partial charge in [0, 0.05) is 4.88 Å². The van der Waals surface area contributed by atoms with Crippen molar-refractivity contribution in [1.29, 1.82) is 0 Å². The van der Waals surface area contributed by atoms with Crippen LogP contribution in [-0.2, 0) is 6.42 Å². The van der Waals surface area contributed by atoms with E-state index in [1.807, 2.05) is 11.3 Å². The molecule has 10 heavy (non-hydrogen) atoms. The summed E-state index contributed by atoms with van der Waals surface area (Å²) in [5.41, 5.74) is 1.46. The maximum Gasteiger partial charge on any atom is 0.00769 e. The molecule has 0 nitrogen and oxygen atoms in total. The average molecular weight is 154 g/mol. The van der Waals surface area contributed by atoms with Crippen LogP contribution in [0.2, 0.25) is 0 Å². The molecule has 0 amide bonds. The highest BCUT2D eigenvalue weighted by atomic mass is 32.1. The van der Waals surface area contributed by atoms with E-state index in [0.717, 1.165) is 5.92 Å². The summed E-state index contributed by atoms with van der Waals surface area (Å²) in [6.45, 7) is 6.71. The second-order valence-corrected chi connectivity index (χ2v) is 4.13. The summed E-state index contributed by atoms with van der Waals surface area (Å²) < 4.78 is 0. The van der Waals surface area contributed by atoms with Crippen LogP contribution in [0.15, 0.2) is 11.4 Å². The molecule has 0 aliphatic carbocycles. The van der Waals surface area contributed by atoms with E-state index in [2.05, 4.69) is 32.2 Å². The van der Waals surface area contributed by atoms with E-state index in [0.29, 0.717) is 0 Å². The second-order valence-electron chi connectivity index (χ2n) is 3.12. The van der Waals surface area contributed by atoms with Gasteiger partial charge in [-0.05, 0) is 36.3 Å². The first-order valence-electron chi connectivity index (χ1n) is 3.73. The molecule has 1 heteroatoms. The molecule has 0 saturated carbocycles. The molecular formula is C9H14S. The van der Waals surface area contributed by atoms with E-state index < -0.39 is 0 Å². The van der Waals surface area contributed by atoms with Crippen molar-refractivity contribution in [2.75, 3.05) is 0 Å². The number of aryl methyl sites for hydroxylation is 1. The third-order valence-electron chi connectivity index (χ3n) is 1.56. The molecule has 56 valence electrons. The average Bonchev–Trinajstić information content (AvgIpc) is 2.15. The summed E-state index contributed by atoms with van der Waals surface area (Å²) >= 11 is 1.88. The molecule has 0 fully saturated rings. The molecule has 1 heterocycles. The lowest BCUT2D eigenvalue weighted by atomic mass is 10.1. The first kappa shape index (κ1) is 7.80. The van der Waals surface area contributed by atoms with Gasteiger partial charge in [0.15, 0.2) is 0 Å². The van der Waals surface area contributed by atoms with Gasteiger partial charge in [-0.3, -0.25) is 0 Å². The van der Waals surface area contributed by atoms with Crippen molar-refractivity contribution >= 4 is 11.3 Å². The van der Waals surface area contributed by atoms with Gasteiger partial charge in [0.05, 0.1) is 0 Å². The van der Waals surface area contributed by atoms with Crippen molar-refractivity contribution in [2.45, 2.75) is 27.2 Å². The molecule has 1 aromatic heterocycles. The molecule has 0 atom stereocenters.